The number of hydrogen-bond acceptors (Lipinski definition) is 5. The molecular weight excluding hydrogens is 290 g/mol. The van der Waals surface area contributed by atoms with E-state index >= 15 is 0 Å². The smallest absolute Gasteiger partial charge is 0.171 e. The summed E-state index contributed by atoms with van der Waals surface area (Å²) in [4.78, 5) is 16.8. The number of nitrogens with zero attached hydrogens (tertiary/aromatic N) is 4. The number of imidazole rings is 1. The van der Waals surface area contributed by atoms with E-state index in [0.29, 0.717) is 5.82 Å². The first-order valence-electron chi connectivity index (χ1n) is 7.84. The number of fused-ring (bicyclic) bond motifs is 1. The molecule has 0 aliphatic carbocycles. The van der Waals surface area contributed by atoms with Gasteiger partial charge in [-0.15, -0.1) is 0 Å². The predicted molar refractivity (Wildman–Crippen MR) is 89.5 cm³/mol. The summed E-state index contributed by atoms with van der Waals surface area (Å²) in [6.07, 6.45) is 1.72. The van der Waals surface area contributed by atoms with E-state index in [2.05, 4.69) is 24.8 Å². The van der Waals surface area contributed by atoms with Gasteiger partial charge in [0, 0.05) is 32.4 Å². The van der Waals surface area contributed by atoms with E-state index in [4.69, 9.17) is 0 Å². The molecular formula is C17H19N5O. The number of benzene rings is 1. The molecule has 3 aromatic rings. The first-order chi connectivity index (χ1) is 11.3. The van der Waals surface area contributed by atoms with Crippen molar-refractivity contribution in [1.29, 1.82) is 0 Å². The molecule has 23 heavy (non-hydrogen) atoms. The quantitative estimate of drug-likeness (QED) is 0.774. The van der Waals surface area contributed by atoms with Gasteiger partial charge in [-0.05, 0) is 24.3 Å². The average Bonchev–Trinajstić information content (AvgIpc) is 2.98. The van der Waals surface area contributed by atoms with E-state index in [-0.39, 0.29) is 5.75 Å². The molecule has 0 amide bonds. The van der Waals surface area contributed by atoms with Crippen LogP contribution in [0.2, 0.25) is 0 Å². The molecule has 0 unspecified atom stereocenters. The van der Waals surface area contributed by atoms with Crippen LogP contribution in [0.1, 0.15) is 5.82 Å². The lowest BCUT2D eigenvalue weighted by atomic mass is 10.3. The standard InChI is InChI=1S/C17H19N5O/c23-15-6-3-7-18-17(15)22-10-8-21(9-11-22)12-16-19-13-4-1-2-5-14(13)20-16/h1-7,23H,8-12H2,(H,19,20). The highest BCUT2D eigenvalue weighted by Gasteiger charge is 2.20. The molecule has 0 saturated carbocycles. The van der Waals surface area contributed by atoms with Gasteiger partial charge in [-0.1, -0.05) is 12.1 Å². The Kier molecular flexibility index (Phi) is 3.59. The maximum absolute atomic E-state index is 9.91. The summed E-state index contributed by atoms with van der Waals surface area (Å²) in [5, 5.41) is 9.91. The maximum atomic E-state index is 9.91. The number of rotatable bonds is 3. The normalized spacial score (nSPS) is 16.1. The van der Waals surface area contributed by atoms with Gasteiger partial charge >= 0.3 is 0 Å². The van der Waals surface area contributed by atoms with Crippen molar-refractivity contribution in [3.05, 3.63) is 48.4 Å². The number of aromatic nitrogens is 3. The monoisotopic (exact) mass is 309 g/mol. The summed E-state index contributed by atoms with van der Waals surface area (Å²) >= 11 is 0. The Morgan fingerprint density at radius 3 is 2.65 bits per heavy atom. The zero-order valence-corrected chi connectivity index (χ0v) is 12.8. The van der Waals surface area contributed by atoms with Gasteiger partial charge in [0.1, 0.15) is 5.82 Å². The van der Waals surface area contributed by atoms with E-state index in [1.807, 2.05) is 24.3 Å². The Bertz CT molecular complexity index is 774. The van der Waals surface area contributed by atoms with Crippen LogP contribution in [0.5, 0.6) is 5.75 Å². The molecule has 2 N–H and O–H groups in total. The number of H-pyrrole nitrogens is 1. The number of aromatic hydroxyl groups is 1. The Morgan fingerprint density at radius 1 is 1.04 bits per heavy atom. The molecule has 118 valence electrons. The minimum atomic E-state index is 0.248. The number of para-hydroxylation sites is 2. The van der Waals surface area contributed by atoms with Gasteiger partial charge in [0.05, 0.1) is 17.6 Å². The fraction of sp³-hybridized carbons (Fsp3) is 0.294. The molecule has 1 aromatic carbocycles. The topological polar surface area (TPSA) is 68.3 Å². The summed E-state index contributed by atoms with van der Waals surface area (Å²) in [5.74, 6) is 1.93. The van der Waals surface area contributed by atoms with Crippen LogP contribution in [-0.2, 0) is 6.54 Å². The van der Waals surface area contributed by atoms with Crippen LogP contribution >= 0.6 is 0 Å². The summed E-state index contributed by atoms with van der Waals surface area (Å²) < 4.78 is 0. The van der Waals surface area contributed by atoms with Gasteiger partial charge in [0.2, 0.25) is 0 Å². The lowest BCUT2D eigenvalue weighted by Gasteiger charge is -2.35. The number of anilines is 1. The highest BCUT2D eigenvalue weighted by Crippen LogP contribution is 2.24. The molecule has 6 nitrogen and oxygen atoms in total. The van der Waals surface area contributed by atoms with Gasteiger partial charge in [-0.3, -0.25) is 4.90 Å². The van der Waals surface area contributed by atoms with Crippen LogP contribution in [0, 0.1) is 0 Å². The van der Waals surface area contributed by atoms with Gasteiger partial charge in [-0.25, -0.2) is 9.97 Å². The van der Waals surface area contributed by atoms with Crippen LogP contribution in [0.15, 0.2) is 42.6 Å². The van der Waals surface area contributed by atoms with E-state index in [1.165, 1.54) is 0 Å². The molecule has 2 aromatic heterocycles. The second kappa shape index (κ2) is 5.89. The molecule has 1 saturated heterocycles. The van der Waals surface area contributed by atoms with Crippen molar-refractivity contribution in [2.45, 2.75) is 6.54 Å². The average molecular weight is 309 g/mol. The third-order valence-electron chi connectivity index (χ3n) is 4.25. The molecule has 3 heterocycles. The minimum absolute atomic E-state index is 0.248. The predicted octanol–water partition coefficient (Wildman–Crippen LogP) is 1.99. The number of nitrogens with one attached hydrogen (secondary N) is 1. The lowest BCUT2D eigenvalue weighted by Crippen LogP contribution is -2.46. The van der Waals surface area contributed by atoms with Crippen LogP contribution in [-0.4, -0.2) is 51.1 Å². The van der Waals surface area contributed by atoms with Gasteiger partial charge in [0.15, 0.2) is 11.6 Å². The largest absolute Gasteiger partial charge is 0.504 e. The molecule has 0 atom stereocenters. The molecule has 1 fully saturated rings. The zero-order chi connectivity index (χ0) is 15.6. The van der Waals surface area contributed by atoms with Crippen molar-refractivity contribution in [3.8, 4) is 5.75 Å². The number of pyridine rings is 1. The first-order valence-corrected chi connectivity index (χ1v) is 7.84. The minimum Gasteiger partial charge on any atom is -0.504 e. The second-order valence-corrected chi connectivity index (χ2v) is 5.81. The number of piperazine rings is 1. The highest BCUT2D eigenvalue weighted by atomic mass is 16.3. The Hall–Kier alpha value is -2.60. The molecule has 0 radical (unpaired) electrons. The van der Waals surface area contributed by atoms with Crippen molar-refractivity contribution in [2.75, 3.05) is 31.1 Å². The number of aromatic amines is 1. The number of hydrogen-bond donors (Lipinski definition) is 2. The van der Waals surface area contributed by atoms with E-state index in [1.54, 1.807) is 18.3 Å². The maximum Gasteiger partial charge on any atom is 0.171 e. The van der Waals surface area contributed by atoms with Crippen molar-refractivity contribution in [1.82, 2.24) is 19.9 Å². The summed E-state index contributed by atoms with van der Waals surface area (Å²) in [7, 11) is 0. The van der Waals surface area contributed by atoms with E-state index in [0.717, 1.165) is 49.6 Å². The molecule has 6 heteroatoms. The van der Waals surface area contributed by atoms with Crippen LogP contribution in [0.4, 0.5) is 5.82 Å². The van der Waals surface area contributed by atoms with Crippen LogP contribution in [0.3, 0.4) is 0 Å². The summed E-state index contributed by atoms with van der Waals surface area (Å²) in [5.41, 5.74) is 2.10. The second-order valence-electron chi connectivity index (χ2n) is 5.81. The van der Waals surface area contributed by atoms with Crippen molar-refractivity contribution >= 4 is 16.9 Å². The lowest BCUT2D eigenvalue weighted by molar-refractivity contribution is 0.243. The van der Waals surface area contributed by atoms with Crippen molar-refractivity contribution in [2.24, 2.45) is 0 Å². The molecule has 4 rings (SSSR count). The molecule has 1 aliphatic heterocycles. The van der Waals surface area contributed by atoms with Gasteiger partial charge < -0.3 is 15.0 Å². The summed E-state index contributed by atoms with van der Waals surface area (Å²) in [6, 6.07) is 11.5. The van der Waals surface area contributed by atoms with Crippen LogP contribution < -0.4 is 4.90 Å². The SMILES string of the molecule is Oc1cccnc1N1CCN(Cc2nc3ccccc3[nH]2)CC1. The van der Waals surface area contributed by atoms with E-state index in [9.17, 15) is 5.11 Å². The molecule has 1 aliphatic rings. The summed E-state index contributed by atoms with van der Waals surface area (Å²) in [6.45, 7) is 4.37. The van der Waals surface area contributed by atoms with Crippen molar-refractivity contribution < 1.29 is 5.11 Å². The fourth-order valence-corrected chi connectivity index (χ4v) is 3.04. The third kappa shape index (κ3) is 2.85. The van der Waals surface area contributed by atoms with Crippen LogP contribution in [0.25, 0.3) is 11.0 Å². The highest BCUT2D eigenvalue weighted by molar-refractivity contribution is 5.74. The Morgan fingerprint density at radius 2 is 1.87 bits per heavy atom. The van der Waals surface area contributed by atoms with E-state index < -0.39 is 0 Å². The first kappa shape index (κ1) is 14.0. The Labute approximate surface area is 134 Å². The third-order valence-corrected chi connectivity index (χ3v) is 4.25. The molecule has 0 spiro atoms. The zero-order valence-electron chi connectivity index (χ0n) is 12.8. The Balaban J connectivity index is 1.41. The van der Waals surface area contributed by atoms with Gasteiger partial charge in [0.25, 0.3) is 0 Å². The fourth-order valence-electron chi connectivity index (χ4n) is 3.04. The molecule has 0 bridgehead atoms. The van der Waals surface area contributed by atoms with Gasteiger partial charge in [-0.2, -0.15) is 0 Å². The van der Waals surface area contributed by atoms with Crippen molar-refractivity contribution in [3.63, 3.8) is 0 Å².